The molecule has 0 radical (unpaired) electrons. The Kier molecular flexibility index (Phi) is 6.31. The first kappa shape index (κ1) is 25.8. The molecule has 0 heterocycles. The number of rotatable bonds is 5. The Morgan fingerprint density at radius 1 is 0.938 bits per heavy atom. The van der Waals surface area contributed by atoms with E-state index in [4.69, 9.17) is 5.41 Å². The number of aliphatic hydroxyl groups is 1. The minimum atomic E-state index is -5.04. The van der Waals surface area contributed by atoms with Gasteiger partial charge in [0.05, 0.1) is 0 Å². The van der Waals surface area contributed by atoms with Gasteiger partial charge in [-0.3, -0.25) is 5.41 Å². The highest BCUT2D eigenvalue weighted by molar-refractivity contribution is 5.95. The lowest BCUT2D eigenvalue weighted by atomic mass is 9.41. The molecule has 0 amide bonds. The molecular weight excluding hydrogens is 439 g/mol. The summed E-state index contributed by atoms with van der Waals surface area (Å²) in [4.78, 5) is 0. The van der Waals surface area contributed by atoms with Gasteiger partial charge in [-0.25, -0.2) is 4.39 Å². The van der Waals surface area contributed by atoms with Crippen LogP contribution in [0, 0.1) is 39.4 Å². The highest BCUT2D eigenvalue weighted by Crippen LogP contribution is 2.71. The Morgan fingerprint density at radius 3 is 2.06 bits per heavy atom. The Hall–Kier alpha value is -0.860. The Labute approximate surface area is 184 Å². The summed E-state index contributed by atoms with van der Waals surface area (Å²) in [5.41, 5.74) is -7.77. The van der Waals surface area contributed by atoms with Gasteiger partial charge < -0.3 is 5.11 Å². The molecular formula is C23H34F7NO. The van der Waals surface area contributed by atoms with E-state index in [1.54, 1.807) is 6.92 Å². The van der Waals surface area contributed by atoms with Crippen molar-refractivity contribution >= 4 is 5.71 Å². The monoisotopic (exact) mass is 473 g/mol. The van der Waals surface area contributed by atoms with Gasteiger partial charge in [-0.1, -0.05) is 20.8 Å². The number of alkyl halides is 7. The minimum absolute atomic E-state index is 0.116. The second-order valence-corrected chi connectivity index (χ2v) is 11.2. The van der Waals surface area contributed by atoms with Gasteiger partial charge in [-0.15, -0.1) is 0 Å². The molecule has 3 aliphatic carbocycles. The van der Waals surface area contributed by atoms with Crippen molar-refractivity contribution in [3.8, 4) is 0 Å². The van der Waals surface area contributed by atoms with Gasteiger partial charge in [0.1, 0.15) is 0 Å². The Balaban J connectivity index is 1.98. The SMILES string of the molecule is CC1(CC(F)(F)F)CCC2C(CCC3(C)C2CCC3(F)C(=N)C(F)(F)F)C1(C)CCCO. The smallest absolute Gasteiger partial charge is 0.396 e. The summed E-state index contributed by atoms with van der Waals surface area (Å²) >= 11 is 0. The number of fused-ring (bicyclic) bond motifs is 3. The molecule has 7 atom stereocenters. The lowest BCUT2D eigenvalue weighted by Crippen LogP contribution is -2.60. The normalized spacial score (nSPS) is 44.8. The lowest BCUT2D eigenvalue weighted by Gasteiger charge is -2.63. The van der Waals surface area contributed by atoms with E-state index < -0.39 is 52.3 Å². The highest BCUT2D eigenvalue weighted by Gasteiger charge is 2.70. The molecule has 3 fully saturated rings. The summed E-state index contributed by atoms with van der Waals surface area (Å²) in [5.74, 6) is -0.772. The zero-order valence-electron chi connectivity index (χ0n) is 18.9. The van der Waals surface area contributed by atoms with Crippen molar-refractivity contribution < 1.29 is 35.8 Å². The van der Waals surface area contributed by atoms with Gasteiger partial charge in [-0.05, 0) is 80.0 Å². The molecule has 3 saturated carbocycles. The van der Waals surface area contributed by atoms with Crippen molar-refractivity contribution in [1.29, 1.82) is 5.41 Å². The maximum Gasteiger partial charge on any atom is 0.432 e. The molecule has 3 aliphatic rings. The molecule has 0 aromatic carbocycles. The van der Waals surface area contributed by atoms with Gasteiger partial charge in [0.2, 0.25) is 0 Å². The van der Waals surface area contributed by atoms with E-state index in [1.165, 1.54) is 6.92 Å². The third-order valence-corrected chi connectivity index (χ3v) is 9.88. The average Bonchev–Trinajstić information content (AvgIpc) is 2.93. The van der Waals surface area contributed by atoms with Crippen molar-refractivity contribution in [3.63, 3.8) is 0 Å². The van der Waals surface area contributed by atoms with Crippen LogP contribution in [0.4, 0.5) is 30.7 Å². The Morgan fingerprint density at radius 2 is 1.53 bits per heavy atom. The molecule has 32 heavy (non-hydrogen) atoms. The maximum absolute atomic E-state index is 15.9. The molecule has 2 nitrogen and oxygen atoms in total. The van der Waals surface area contributed by atoms with Crippen LogP contribution in [-0.4, -0.2) is 35.4 Å². The summed E-state index contributed by atoms with van der Waals surface area (Å²) in [6, 6.07) is 0. The first-order chi connectivity index (χ1) is 14.5. The fraction of sp³-hybridized carbons (Fsp3) is 0.957. The van der Waals surface area contributed by atoms with Crippen LogP contribution in [0.3, 0.4) is 0 Å². The third kappa shape index (κ3) is 3.78. The number of nitrogens with one attached hydrogen (secondary N) is 1. The molecule has 0 aromatic heterocycles. The summed E-state index contributed by atoms with van der Waals surface area (Å²) < 4.78 is 96.5. The van der Waals surface area contributed by atoms with E-state index in [0.717, 1.165) is 0 Å². The van der Waals surface area contributed by atoms with E-state index >= 15 is 4.39 Å². The standard InChI is InChI=1S/C23H34F7NO/c1-18(13-22(25,26)27)9-5-14-15(19(18,2)8-4-12-32)6-10-20(3)16(14)7-11-21(20,24)17(31)23(28,29)30/h14-16,31-32H,4-13H2,1-3H3. The van der Waals surface area contributed by atoms with Crippen LogP contribution in [0.25, 0.3) is 0 Å². The second-order valence-electron chi connectivity index (χ2n) is 11.2. The summed E-state index contributed by atoms with van der Waals surface area (Å²) in [6.07, 6.45) is -8.64. The average molecular weight is 474 g/mol. The number of hydrogen-bond acceptors (Lipinski definition) is 2. The van der Waals surface area contributed by atoms with Crippen LogP contribution in [0.2, 0.25) is 0 Å². The first-order valence-electron chi connectivity index (χ1n) is 11.5. The van der Waals surface area contributed by atoms with Crippen LogP contribution in [0.15, 0.2) is 0 Å². The summed E-state index contributed by atoms with van der Waals surface area (Å²) in [5, 5.41) is 17.0. The van der Waals surface area contributed by atoms with E-state index in [2.05, 4.69) is 0 Å². The second kappa shape index (κ2) is 7.84. The molecule has 9 heteroatoms. The third-order valence-electron chi connectivity index (χ3n) is 9.88. The van der Waals surface area contributed by atoms with Gasteiger partial charge in [0, 0.05) is 18.4 Å². The molecule has 186 valence electrons. The molecule has 3 rings (SSSR count). The molecule has 0 spiro atoms. The number of halogens is 7. The first-order valence-corrected chi connectivity index (χ1v) is 11.5. The van der Waals surface area contributed by atoms with E-state index in [1.807, 2.05) is 6.92 Å². The van der Waals surface area contributed by atoms with Crippen LogP contribution in [0.1, 0.15) is 78.6 Å². The van der Waals surface area contributed by atoms with Crippen LogP contribution in [-0.2, 0) is 0 Å². The van der Waals surface area contributed by atoms with Crippen LogP contribution >= 0.6 is 0 Å². The maximum atomic E-state index is 15.9. The molecule has 2 N–H and O–H groups in total. The lowest BCUT2D eigenvalue weighted by molar-refractivity contribution is -0.210. The molecule has 0 bridgehead atoms. The van der Waals surface area contributed by atoms with Crippen LogP contribution < -0.4 is 0 Å². The predicted molar refractivity (Wildman–Crippen MR) is 107 cm³/mol. The fourth-order valence-corrected chi connectivity index (χ4v) is 7.99. The van der Waals surface area contributed by atoms with Crippen LogP contribution in [0.5, 0.6) is 0 Å². The van der Waals surface area contributed by atoms with Gasteiger partial charge in [0.25, 0.3) is 0 Å². The quantitative estimate of drug-likeness (QED) is 0.321. The van der Waals surface area contributed by atoms with Crippen molar-refractivity contribution in [2.75, 3.05) is 6.61 Å². The van der Waals surface area contributed by atoms with Gasteiger partial charge in [0.15, 0.2) is 11.4 Å². The van der Waals surface area contributed by atoms with Gasteiger partial charge in [-0.2, -0.15) is 26.3 Å². The van der Waals surface area contributed by atoms with Crippen molar-refractivity contribution in [3.05, 3.63) is 0 Å². The van der Waals surface area contributed by atoms with Crippen molar-refractivity contribution in [1.82, 2.24) is 0 Å². The summed E-state index contributed by atoms with van der Waals surface area (Å²) in [7, 11) is 0. The van der Waals surface area contributed by atoms with E-state index in [-0.39, 0.29) is 44.1 Å². The molecule has 0 aromatic rings. The minimum Gasteiger partial charge on any atom is -0.396 e. The largest absolute Gasteiger partial charge is 0.432 e. The van der Waals surface area contributed by atoms with Crippen molar-refractivity contribution in [2.45, 2.75) is 96.6 Å². The summed E-state index contributed by atoms with van der Waals surface area (Å²) in [6.45, 7) is 4.85. The number of hydrogen-bond donors (Lipinski definition) is 2. The van der Waals surface area contributed by atoms with Gasteiger partial charge >= 0.3 is 12.4 Å². The fourth-order valence-electron chi connectivity index (χ4n) is 7.99. The van der Waals surface area contributed by atoms with E-state index in [0.29, 0.717) is 25.7 Å². The van der Waals surface area contributed by atoms with E-state index in [9.17, 15) is 31.4 Å². The molecule has 7 unspecified atom stereocenters. The van der Waals surface area contributed by atoms with Crippen molar-refractivity contribution in [2.24, 2.45) is 34.0 Å². The zero-order chi connectivity index (χ0) is 24.4. The number of aliphatic hydroxyl groups excluding tert-OH is 1. The predicted octanol–water partition coefficient (Wildman–Crippen LogP) is 7.25. The molecule has 0 aliphatic heterocycles. The topological polar surface area (TPSA) is 44.1 Å². The molecule has 0 saturated heterocycles. The zero-order valence-corrected chi connectivity index (χ0v) is 18.9. The highest BCUT2D eigenvalue weighted by atomic mass is 19.4. The Bertz CT molecular complexity index is 737.